The van der Waals surface area contributed by atoms with E-state index in [2.05, 4.69) is 15.9 Å². The van der Waals surface area contributed by atoms with Gasteiger partial charge in [-0.05, 0) is 24.3 Å². The van der Waals surface area contributed by atoms with E-state index in [9.17, 15) is 10.1 Å². The highest BCUT2D eigenvalue weighted by Gasteiger charge is 2.17. The van der Waals surface area contributed by atoms with Crippen molar-refractivity contribution in [3.05, 3.63) is 61.6 Å². The minimum atomic E-state index is -0.559. The quantitative estimate of drug-likeness (QED) is 0.593. The minimum Gasteiger partial charge on any atom is -0.449 e. The van der Waals surface area contributed by atoms with E-state index in [1.165, 1.54) is 24.3 Å². The summed E-state index contributed by atoms with van der Waals surface area (Å²) in [5.41, 5.74) is 0.0369. The lowest BCUT2D eigenvalue weighted by Gasteiger charge is -2.08. The Bertz CT molecular complexity index is 728. The Hall–Kier alpha value is -2.10. The number of hydrogen-bond acceptors (Lipinski definition) is 4. The fourth-order valence-electron chi connectivity index (χ4n) is 1.51. The van der Waals surface area contributed by atoms with Gasteiger partial charge in [-0.1, -0.05) is 27.5 Å². The van der Waals surface area contributed by atoms with Crippen LogP contribution in [0.3, 0.4) is 0 Å². The van der Waals surface area contributed by atoms with Gasteiger partial charge in [-0.25, -0.2) is 0 Å². The predicted octanol–water partition coefficient (Wildman–Crippen LogP) is 4.67. The van der Waals surface area contributed by atoms with Gasteiger partial charge >= 0.3 is 5.69 Å². The van der Waals surface area contributed by atoms with Gasteiger partial charge in [0.05, 0.1) is 10.5 Å². The zero-order valence-electron chi connectivity index (χ0n) is 9.84. The Kier molecular flexibility index (Phi) is 4.23. The van der Waals surface area contributed by atoms with Crippen LogP contribution >= 0.6 is 27.5 Å². The number of hydrogen-bond donors (Lipinski definition) is 0. The maximum Gasteiger partial charge on any atom is 0.312 e. The van der Waals surface area contributed by atoms with Gasteiger partial charge in [0.1, 0.15) is 11.8 Å². The van der Waals surface area contributed by atoms with E-state index in [1.807, 2.05) is 6.07 Å². The molecule has 2 aromatic rings. The molecule has 0 saturated heterocycles. The van der Waals surface area contributed by atoms with Crippen molar-refractivity contribution in [2.45, 2.75) is 0 Å². The van der Waals surface area contributed by atoms with Crippen molar-refractivity contribution < 1.29 is 9.66 Å². The maximum absolute atomic E-state index is 11.0. The van der Waals surface area contributed by atoms with E-state index in [4.69, 9.17) is 21.6 Å². The van der Waals surface area contributed by atoms with Crippen LogP contribution in [0, 0.1) is 21.4 Å². The van der Waals surface area contributed by atoms with Gasteiger partial charge in [-0.15, -0.1) is 0 Å². The summed E-state index contributed by atoms with van der Waals surface area (Å²) in [6.07, 6.45) is 0. The second-order valence-electron chi connectivity index (χ2n) is 3.72. The number of nitro benzene ring substituents is 1. The van der Waals surface area contributed by atoms with E-state index in [0.717, 1.165) is 0 Å². The lowest BCUT2D eigenvalue weighted by molar-refractivity contribution is -0.385. The summed E-state index contributed by atoms with van der Waals surface area (Å²) in [7, 11) is 0. The number of benzene rings is 2. The normalized spacial score (nSPS) is 9.85. The zero-order chi connectivity index (χ0) is 14.7. The van der Waals surface area contributed by atoms with E-state index in [0.29, 0.717) is 9.50 Å². The summed E-state index contributed by atoms with van der Waals surface area (Å²) in [6.45, 7) is 0. The molecule has 0 aliphatic heterocycles. The molecule has 100 valence electrons. The molecule has 0 fully saturated rings. The van der Waals surface area contributed by atoms with Crippen molar-refractivity contribution in [2.75, 3.05) is 0 Å². The highest BCUT2D eigenvalue weighted by Crippen LogP contribution is 2.35. The molecule has 0 bridgehead atoms. The largest absolute Gasteiger partial charge is 0.449 e. The fraction of sp³-hybridized carbons (Fsp3) is 0. The fourth-order valence-corrected chi connectivity index (χ4v) is 2.02. The molecule has 7 heteroatoms. The molecule has 2 aromatic carbocycles. The van der Waals surface area contributed by atoms with E-state index >= 15 is 0 Å². The molecule has 0 aliphatic carbocycles. The van der Waals surface area contributed by atoms with Crippen LogP contribution in [0.1, 0.15) is 5.56 Å². The smallest absolute Gasteiger partial charge is 0.312 e. The van der Waals surface area contributed by atoms with Crippen LogP contribution in [0.25, 0.3) is 0 Å². The van der Waals surface area contributed by atoms with E-state index in [-0.39, 0.29) is 22.7 Å². The number of nitrogens with zero attached hydrogens (tertiary/aromatic N) is 2. The highest BCUT2D eigenvalue weighted by atomic mass is 79.9. The SMILES string of the molecule is N#Cc1ccc(Cl)cc1Oc1ccc(Br)cc1[N+](=O)[O-]. The molecule has 0 aliphatic rings. The Morgan fingerprint density at radius 1 is 1.25 bits per heavy atom. The summed E-state index contributed by atoms with van der Waals surface area (Å²) in [5.74, 6) is 0.211. The monoisotopic (exact) mass is 352 g/mol. The van der Waals surface area contributed by atoms with Crippen LogP contribution in [-0.4, -0.2) is 4.92 Å². The summed E-state index contributed by atoms with van der Waals surface area (Å²) in [4.78, 5) is 10.4. The first-order chi connectivity index (χ1) is 9.51. The van der Waals surface area contributed by atoms with Crippen LogP contribution in [-0.2, 0) is 0 Å². The van der Waals surface area contributed by atoms with E-state index in [1.54, 1.807) is 12.1 Å². The van der Waals surface area contributed by atoms with Crippen molar-refractivity contribution in [3.8, 4) is 17.6 Å². The Morgan fingerprint density at radius 3 is 2.65 bits per heavy atom. The molecule has 0 atom stereocenters. The molecule has 0 radical (unpaired) electrons. The number of nitriles is 1. The van der Waals surface area contributed by atoms with Crippen LogP contribution in [0.15, 0.2) is 40.9 Å². The van der Waals surface area contributed by atoms with Gasteiger partial charge < -0.3 is 4.74 Å². The van der Waals surface area contributed by atoms with Crippen molar-refractivity contribution in [3.63, 3.8) is 0 Å². The molecule has 5 nitrogen and oxygen atoms in total. The third kappa shape index (κ3) is 3.07. The summed E-state index contributed by atoms with van der Waals surface area (Å²) < 4.78 is 6.02. The van der Waals surface area contributed by atoms with E-state index < -0.39 is 4.92 Å². The third-order valence-electron chi connectivity index (χ3n) is 2.40. The van der Waals surface area contributed by atoms with Crippen LogP contribution in [0.2, 0.25) is 5.02 Å². The third-order valence-corrected chi connectivity index (χ3v) is 3.13. The number of halogens is 2. The first-order valence-electron chi connectivity index (χ1n) is 5.32. The number of nitro groups is 1. The molecular formula is C13H6BrClN2O3. The average molecular weight is 354 g/mol. The second-order valence-corrected chi connectivity index (χ2v) is 5.08. The van der Waals surface area contributed by atoms with Crippen LogP contribution in [0.4, 0.5) is 5.69 Å². The van der Waals surface area contributed by atoms with Gasteiger partial charge in [-0.3, -0.25) is 10.1 Å². The Morgan fingerprint density at radius 2 is 2.00 bits per heavy atom. The molecule has 0 heterocycles. The van der Waals surface area contributed by atoms with Gasteiger partial charge in [0.2, 0.25) is 5.75 Å². The van der Waals surface area contributed by atoms with Gasteiger partial charge in [-0.2, -0.15) is 5.26 Å². The van der Waals surface area contributed by atoms with Crippen molar-refractivity contribution in [1.82, 2.24) is 0 Å². The molecule has 0 N–H and O–H groups in total. The first kappa shape index (κ1) is 14.3. The van der Waals surface area contributed by atoms with Gasteiger partial charge in [0.15, 0.2) is 0 Å². The van der Waals surface area contributed by atoms with Crippen molar-refractivity contribution >= 4 is 33.2 Å². The van der Waals surface area contributed by atoms with Crippen LogP contribution < -0.4 is 4.74 Å². The Labute approximate surface area is 127 Å². The minimum absolute atomic E-state index is 0.0389. The zero-order valence-corrected chi connectivity index (χ0v) is 12.2. The average Bonchev–Trinajstić information content (AvgIpc) is 2.41. The second kappa shape index (κ2) is 5.90. The lowest BCUT2D eigenvalue weighted by Crippen LogP contribution is -1.95. The molecular weight excluding hydrogens is 348 g/mol. The molecule has 0 aromatic heterocycles. The van der Waals surface area contributed by atoms with Gasteiger partial charge in [0.25, 0.3) is 0 Å². The first-order valence-corrected chi connectivity index (χ1v) is 6.50. The molecule has 0 amide bonds. The standard InChI is InChI=1S/C13H6BrClN2O3/c14-9-2-4-12(11(5-9)17(18)19)20-13-6-10(15)3-1-8(13)7-16/h1-6H. The van der Waals surface area contributed by atoms with Crippen molar-refractivity contribution in [2.24, 2.45) is 0 Å². The summed E-state index contributed by atoms with van der Waals surface area (Å²) in [5, 5.41) is 20.4. The lowest BCUT2D eigenvalue weighted by atomic mass is 10.2. The molecule has 0 unspecified atom stereocenters. The molecule has 0 spiro atoms. The maximum atomic E-state index is 11.0. The molecule has 20 heavy (non-hydrogen) atoms. The number of rotatable bonds is 3. The summed E-state index contributed by atoms with van der Waals surface area (Å²) >= 11 is 8.99. The van der Waals surface area contributed by atoms with Crippen LogP contribution in [0.5, 0.6) is 11.5 Å². The predicted molar refractivity (Wildman–Crippen MR) is 77.0 cm³/mol. The topological polar surface area (TPSA) is 76.2 Å². The highest BCUT2D eigenvalue weighted by molar-refractivity contribution is 9.10. The van der Waals surface area contributed by atoms with Crippen molar-refractivity contribution in [1.29, 1.82) is 5.26 Å². The van der Waals surface area contributed by atoms with Gasteiger partial charge in [0, 0.05) is 21.6 Å². The summed E-state index contributed by atoms with van der Waals surface area (Å²) in [6, 6.07) is 10.8. The molecule has 2 rings (SSSR count). The Balaban J connectivity index is 2.48. The molecule has 0 saturated carbocycles. The number of ether oxygens (including phenoxy) is 1.